The maximum atomic E-state index is 10.2. The molecule has 0 fully saturated rings. The lowest BCUT2D eigenvalue weighted by Gasteiger charge is -2.12. The van der Waals surface area contributed by atoms with Crippen LogP contribution in [-0.2, 0) is 7.05 Å². The zero-order chi connectivity index (χ0) is 11.5. The maximum Gasteiger partial charge on any atom is 0.122 e. The Morgan fingerprint density at radius 2 is 2.19 bits per heavy atom. The molecule has 2 rings (SSSR count). The van der Waals surface area contributed by atoms with E-state index in [2.05, 4.69) is 11.1 Å². The molecule has 4 heteroatoms. The summed E-state index contributed by atoms with van der Waals surface area (Å²) in [5.41, 5.74) is 1.76. The first-order valence-electron chi connectivity index (χ1n) is 4.87. The summed E-state index contributed by atoms with van der Waals surface area (Å²) in [5.74, 6) is 0. The molecule has 0 aliphatic carbocycles. The van der Waals surface area contributed by atoms with Crippen LogP contribution in [0.3, 0.4) is 0 Å². The van der Waals surface area contributed by atoms with Crippen LogP contribution in [0.1, 0.15) is 22.9 Å². The fraction of sp³-hybridized carbons (Fsp3) is 0.167. The number of aliphatic hydroxyl groups is 1. The van der Waals surface area contributed by atoms with Gasteiger partial charge in [-0.25, -0.2) is 4.98 Å². The summed E-state index contributed by atoms with van der Waals surface area (Å²) in [4.78, 5) is 3.94. The number of aryl methyl sites for hydroxylation is 1. The van der Waals surface area contributed by atoms with Gasteiger partial charge in [-0.15, -0.1) is 0 Å². The minimum atomic E-state index is -0.816. The van der Waals surface area contributed by atoms with Gasteiger partial charge in [-0.05, 0) is 6.07 Å². The Balaban J connectivity index is 2.46. The second kappa shape index (κ2) is 4.17. The predicted octanol–water partition coefficient (Wildman–Crippen LogP) is 1.37. The lowest BCUT2D eigenvalue weighted by atomic mass is 10.0. The van der Waals surface area contributed by atoms with Crippen LogP contribution in [0.25, 0.3) is 0 Å². The van der Waals surface area contributed by atoms with E-state index in [-0.39, 0.29) is 0 Å². The van der Waals surface area contributed by atoms with Crippen LogP contribution in [0.5, 0.6) is 0 Å². The van der Waals surface area contributed by atoms with Crippen molar-refractivity contribution in [3.05, 3.63) is 53.6 Å². The first kappa shape index (κ1) is 10.4. The average Bonchev–Trinajstić information content (AvgIpc) is 2.74. The standard InChI is InChI=1S/C12H11N3O/c1-15-8-14-7-11(15)12(16)10-5-3-2-4-9(10)6-13/h2-5,7-8,12,16H,1H3. The van der Waals surface area contributed by atoms with E-state index in [1.165, 1.54) is 0 Å². The highest BCUT2D eigenvalue weighted by atomic mass is 16.3. The van der Waals surface area contributed by atoms with Gasteiger partial charge in [0.25, 0.3) is 0 Å². The third-order valence-corrected chi connectivity index (χ3v) is 2.51. The Morgan fingerprint density at radius 1 is 1.44 bits per heavy atom. The molecule has 1 aromatic heterocycles. The summed E-state index contributed by atoms with van der Waals surface area (Å²) >= 11 is 0. The number of benzene rings is 1. The summed E-state index contributed by atoms with van der Waals surface area (Å²) in [6.45, 7) is 0. The molecule has 0 saturated heterocycles. The van der Waals surface area contributed by atoms with Gasteiger partial charge in [-0.1, -0.05) is 18.2 Å². The van der Waals surface area contributed by atoms with Crippen LogP contribution >= 0.6 is 0 Å². The van der Waals surface area contributed by atoms with Crippen molar-refractivity contribution in [2.75, 3.05) is 0 Å². The average molecular weight is 213 g/mol. The van der Waals surface area contributed by atoms with Crippen molar-refractivity contribution in [1.82, 2.24) is 9.55 Å². The van der Waals surface area contributed by atoms with E-state index in [1.807, 2.05) is 0 Å². The highest BCUT2D eigenvalue weighted by molar-refractivity contribution is 5.41. The van der Waals surface area contributed by atoms with E-state index in [0.717, 1.165) is 0 Å². The van der Waals surface area contributed by atoms with Crippen molar-refractivity contribution >= 4 is 0 Å². The van der Waals surface area contributed by atoms with Crippen molar-refractivity contribution in [2.45, 2.75) is 6.10 Å². The van der Waals surface area contributed by atoms with Crippen LogP contribution in [0.4, 0.5) is 0 Å². The topological polar surface area (TPSA) is 61.8 Å². The summed E-state index contributed by atoms with van der Waals surface area (Å²) in [5, 5.41) is 19.1. The Morgan fingerprint density at radius 3 is 2.81 bits per heavy atom. The molecular formula is C12H11N3O. The lowest BCUT2D eigenvalue weighted by molar-refractivity contribution is 0.211. The van der Waals surface area contributed by atoms with Crippen molar-refractivity contribution in [3.8, 4) is 6.07 Å². The number of aliphatic hydroxyl groups excluding tert-OH is 1. The number of nitrogens with zero attached hydrogens (tertiary/aromatic N) is 3. The van der Waals surface area contributed by atoms with Gasteiger partial charge < -0.3 is 9.67 Å². The molecule has 0 radical (unpaired) electrons. The summed E-state index contributed by atoms with van der Waals surface area (Å²) in [7, 11) is 1.81. The molecule has 1 atom stereocenters. The zero-order valence-electron chi connectivity index (χ0n) is 8.83. The van der Waals surface area contributed by atoms with E-state index in [9.17, 15) is 5.11 Å². The minimum Gasteiger partial charge on any atom is -0.382 e. The SMILES string of the molecule is Cn1cncc1C(O)c1ccccc1C#N. The molecule has 1 unspecified atom stereocenters. The number of nitriles is 1. The van der Waals surface area contributed by atoms with Crippen LogP contribution in [0.15, 0.2) is 36.8 Å². The summed E-state index contributed by atoms with van der Waals surface area (Å²) < 4.78 is 1.73. The van der Waals surface area contributed by atoms with Gasteiger partial charge in [0.1, 0.15) is 6.10 Å². The predicted molar refractivity (Wildman–Crippen MR) is 58.4 cm³/mol. The second-order valence-corrected chi connectivity index (χ2v) is 3.53. The van der Waals surface area contributed by atoms with Crippen LogP contribution in [0.2, 0.25) is 0 Å². The van der Waals surface area contributed by atoms with E-state index in [4.69, 9.17) is 5.26 Å². The molecule has 1 N–H and O–H groups in total. The monoisotopic (exact) mass is 213 g/mol. The molecule has 0 amide bonds. The molecule has 4 nitrogen and oxygen atoms in total. The largest absolute Gasteiger partial charge is 0.382 e. The van der Waals surface area contributed by atoms with Crippen LogP contribution in [-0.4, -0.2) is 14.7 Å². The Labute approximate surface area is 93.4 Å². The fourth-order valence-corrected chi connectivity index (χ4v) is 1.63. The normalized spacial score (nSPS) is 12.1. The van der Waals surface area contributed by atoms with E-state index in [1.54, 1.807) is 48.4 Å². The highest BCUT2D eigenvalue weighted by Crippen LogP contribution is 2.23. The molecule has 0 bridgehead atoms. The number of imidazole rings is 1. The maximum absolute atomic E-state index is 10.2. The first-order chi connectivity index (χ1) is 7.74. The Hall–Kier alpha value is -2.12. The molecular weight excluding hydrogens is 202 g/mol. The van der Waals surface area contributed by atoms with Crippen molar-refractivity contribution in [2.24, 2.45) is 7.05 Å². The van der Waals surface area contributed by atoms with Gasteiger partial charge in [0, 0.05) is 12.6 Å². The third-order valence-electron chi connectivity index (χ3n) is 2.51. The van der Waals surface area contributed by atoms with E-state index < -0.39 is 6.10 Å². The van der Waals surface area contributed by atoms with Crippen LogP contribution in [0, 0.1) is 11.3 Å². The van der Waals surface area contributed by atoms with Crippen molar-refractivity contribution in [1.29, 1.82) is 5.26 Å². The van der Waals surface area contributed by atoms with Gasteiger partial charge in [-0.3, -0.25) is 0 Å². The number of hydrogen-bond donors (Lipinski definition) is 1. The quantitative estimate of drug-likeness (QED) is 0.819. The summed E-state index contributed by atoms with van der Waals surface area (Å²) in [6, 6.07) is 9.08. The molecule has 0 saturated carbocycles. The van der Waals surface area contributed by atoms with Gasteiger partial charge >= 0.3 is 0 Å². The third kappa shape index (κ3) is 1.69. The lowest BCUT2D eigenvalue weighted by Crippen LogP contribution is -2.06. The second-order valence-electron chi connectivity index (χ2n) is 3.53. The Kier molecular flexibility index (Phi) is 2.71. The van der Waals surface area contributed by atoms with Crippen molar-refractivity contribution < 1.29 is 5.11 Å². The Bertz CT molecular complexity index is 539. The molecule has 80 valence electrons. The van der Waals surface area contributed by atoms with Gasteiger partial charge in [0.15, 0.2) is 0 Å². The molecule has 2 aromatic rings. The van der Waals surface area contributed by atoms with Crippen molar-refractivity contribution in [3.63, 3.8) is 0 Å². The van der Waals surface area contributed by atoms with E-state index in [0.29, 0.717) is 16.8 Å². The van der Waals surface area contributed by atoms with Gasteiger partial charge in [0.05, 0.1) is 29.9 Å². The minimum absolute atomic E-state index is 0.483. The molecule has 0 aliphatic heterocycles. The molecule has 16 heavy (non-hydrogen) atoms. The van der Waals surface area contributed by atoms with Gasteiger partial charge in [-0.2, -0.15) is 5.26 Å². The van der Waals surface area contributed by atoms with E-state index >= 15 is 0 Å². The van der Waals surface area contributed by atoms with Gasteiger partial charge in [0.2, 0.25) is 0 Å². The molecule has 0 spiro atoms. The fourth-order valence-electron chi connectivity index (χ4n) is 1.63. The molecule has 1 heterocycles. The number of hydrogen-bond acceptors (Lipinski definition) is 3. The summed E-state index contributed by atoms with van der Waals surface area (Å²) in [6.07, 6.45) is 2.40. The highest BCUT2D eigenvalue weighted by Gasteiger charge is 2.16. The smallest absolute Gasteiger partial charge is 0.122 e. The first-order valence-corrected chi connectivity index (χ1v) is 4.87. The molecule has 1 aromatic carbocycles. The number of aromatic nitrogens is 2. The molecule has 0 aliphatic rings. The number of rotatable bonds is 2. The van der Waals surface area contributed by atoms with Crippen LogP contribution < -0.4 is 0 Å². The zero-order valence-corrected chi connectivity index (χ0v) is 8.83.